The first-order valence-electron chi connectivity index (χ1n) is 5.26. The van der Waals surface area contributed by atoms with Gasteiger partial charge in [-0.05, 0) is 6.08 Å². The topological polar surface area (TPSA) is 110 Å². The fourth-order valence-electron chi connectivity index (χ4n) is 2.08. The maximum atomic E-state index is 9.92. The van der Waals surface area contributed by atoms with Crippen LogP contribution in [0.1, 0.15) is 6.04 Å². The number of rotatable bonds is 1. The van der Waals surface area contributed by atoms with E-state index in [4.69, 9.17) is 17.3 Å². The van der Waals surface area contributed by atoms with Gasteiger partial charge in [0.05, 0.1) is 6.33 Å². The first-order valence-corrected chi connectivity index (χ1v) is 5.63. The normalized spacial score (nSPS) is 27.7. The molecule has 0 spiro atoms. The molecule has 1 aliphatic carbocycles. The highest BCUT2D eigenvalue weighted by atomic mass is 35.5. The molecule has 1 aliphatic rings. The maximum absolute atomic E-state index is 9.92. The largest absolute Gasteiger partial charge is 0.388 e. The van der Waals surface area contributed by atoms with Crippen molar-refractivity contribution in [2.75, 3.05) is 5.73 Å². The highest BCUT2D eigenvalue weighted by Crippen LogP contribution is 2.35. The Balaban J connectivity index is 2.16. The van der Waals surface area contributed by atoms with Gasteiger partial charge in [-0.3, -0.25) is 0 Å². The number of imidazole rings is 1. The van der Waals surface area contributed by atoms with Crippen molar-refractivity contribution in [2.45, 2.75) is 18.2 Å². The van der Waals surface area contributed by atoms with Gasteiger partial charge in [0, 0.05) is 5.03 Å². The van der Waals surface area contributed by atoms with Crippen LogP contribution in [-0.4, -0.2) is 41.9 Å². The van der Waals surface area contributed by atoms with E-state index in [0.29, 0.717) is 16.2 Å². The van der Waals surface area contributed by atoms with E-state index in [1.54, 1.807) is 4.57 Å². The quantitative estimate of drug-likeness (QED) is 0.660. The molecule has 2 aromatic rings. The molecule has 0 radical (unpaired) electrons. The van der Waals surface area contributed by atoms with E-state index in [1.165, 1.54) is 18.7 Å². The average molecular weight is 268 g/mol. The molecule has 7 nitrogen and oxygen atoms in total. The Morgan fingerprint density at radius 3 is 2.72 bits per heavy atom. The number of fused-ring (bicyclic) bond motifs is 1. The van der Waals surface area contributed by atoms with Gasteiger partial charge in [0.1, 0.15) is 30.1 Å². The Hall–Kier alpha value is -1.70. The monoisotopic (exact) mass is 267 g/mol. The van der Waals surface area contributed by atoms with Crippen molar-refractivity contribution < 1.29 is 10.2 Å². The molecule has 1 unspecified atom stereocenters. The summed E-state index contributed by atoms with van der Waals surface area (Å²) < 4.78 is 1.58. The van der Waals surface area contributed by atoms with Gasteiger partial charge in [-0.2, -0.15) is 0 Å². The summed E-state index contributed by atoms with van der Waals surface area (Å²) in [7, 11) is 0. The molecule has 0 aromatic carbocycles. The van der Waals surface area contributed by atoms with E-state index >= 15 is 0 Å². The van der Waals surface area contributed by atoms with Crippen molar-refractivity contribution in [2.24, 2.45) is 0 Å². The van der Waals surface area contributed by atoms with Crippen LogP contribution in [0.5, 0.6) is 0 Å². The summed E-state index contributed by atoms with van der Waals surface area (Å²) in [6.45, 7) is 0. The Kier molecular flexibility index (Phi) is 2.47. The third kappa shape index (κ3) is 1.48. The molecule has 0 saturated carbocycles. The van der Waals surface area contributed by atoms with Crippen molar-refractivity contribution in [3.8, 4) is 0 Å². The lowest BCUT2D eigenvalue weighted by Gasteiger charge is -2.19. The van der Waals surface area contributed by atoms with Gasteiger partial charge in [-0.25, -0.2) is 15.0 Å². The van der Waals surface area contributed by atoms with Crippen molar-refractivity contribution in [1.82, 2.24) is 19.5 Å². The number of anilines is 1. The van der Waals surface area contributed by atoms with Crippen LogP contribution in [0.2, 0.25) is 0 Å². The number of hydrogen-bond donors (Lipinski definition) is 3. The molecular formula is C10H10ClN5O2. The third-order valence-corrected chi connectivity index (χ3v) is 3.32. The van der Waals surface area contributed by atoms with E-state index in [2.05, 4.69) is 15.0 Å². The molecule has 3 atom stereocenters. The van der Waals surface area contributed by atoms with E-state index in [0.717, 1.165) is 0 Å². The first kappa shape index (κ1) is 11.4. The van der Waals surface area contributed by atoms with Gasteiger partial charge in [-0.1, -0.05) is 11.6 Å². The van der Waals surface area contributed by atoms with Crippen LogP contribution < -0.4 is 5.73 Å². The van der Waals surface area contributed by atoms with Gasteiger partial charge in [0.25, 0.3) is 0 Å². The second-order valence-electron chi connectivity index (χ2n) is 4.06. The number of nitrogen functional groups attached to an aromatic ring is 1. The summed E-state index contributed by atoms with van der Waals surface area (Å²) in [5.74, 6) is 0.256. The predicted octanol–water partition coefficient (Wildman–Crippen LogP) is -0.192. The van der Waals surface area contributed by atoms with Crippen LogP contribution in [0.4, 0.5) is 5.82 Å². The molecule has 3 rings (SSSR count). The summed E-state index contributed by atoms with van der Waals surface area (Å²) in [6.07, 6.45) is 2.14. The van der Waals surface area contributed by atoms with Gasteiger partial charge < -0.3 is 20.5 Å². The van der Waals surface area contributed by atoms with Crippen LogP contribution in [-0.2, 0) is 0 Å². The maximum Gasteiger partial charge on any atom is 0.166 e. The number of halogens is 1. The molecule has 0 bridgehead atoms. The van der Waals surface area contributed by atoms with Crippen molar-refractivity contribution in [1.29, 1.82) is 0 Å². The molecule has 0 amide bonds. The molecule has 0 fully saturated rings. The molecule has 4 N–H and O–H groups in total. The van der Waals surface area contributed by atoms with Crippen LogP contribution >= 0.6 is 11.6 Å². The smallest absolute Gasteiger partial charge is 0.166 e. The molecular weight excluding hydrogens is 258 g/mol. The van der Waals surface area contributed by atoms with Gasteiger partial charge in [0.15, 0.2) is 11.5 Å². The SMILES string of the molecule is Nc1ncnc2c1ncn2C1C(Cl)=C[C@H](O)[C@H]1O. The Bertz CT molecular complexity index is 640. The minimum atomic E-state index is -1.04. The minimum absolute atomic E-state index is 0.256. The van der Waals surface area contributed by atoms with Crippen LogP contribution in [0.15, 0.2) is 23.8 Å². The molecule has 18 heavy (non-hydrogen) atoms. The number of aromatic nitrogens is 4. The third-order valence-electron chi connectivity index (χ3n) is 2.97. The van der Waals surface area contributed by atoms with Crippen molar-refractivity contribution >= 4 is 28.6 Å². The van der Waals surface area contributed by atoms with Gasteiger partial charge in [-0.15, -0.1) is 0 Å². The molecule has 2 aromatic heterocycles. The highest BCUT2D eigenvalue weighted by molar-refractivity contribution is 6.30. The summed E-state index contributed by atoms with van der Waals surface area (Å²) in [5, 5.41) is 19.8. The van der Waals surface area contributed by atoms with E-state index in [-0.39, 0.29) is 5.82 Å². The van der Waals surface area contributed by atoms with Crippen molar-refractivity contribution in [3.05, 3.63) is 23.8 Å². The first-order chi connectivity index (χ1) is 8.59. The molecule has 0 aliphatic heterocycles. The molecule has 0 saturated heterocycles. The van der Waals surface area contributed by atoms with Crippen LogP contribution in [0, 0.1) is 0 Å². The average Bonchev–Trinajstić information content (AvgIpc) is 2.84. The molecule has 8 heteroatoms. The Labute approximate surface area is 107 Å². The summed E-state index contributed by atoms with van der Waals surface area (Å²) in [6, 6.07) is -0.610. The standard InChI is InChI=1S/C10H10ClN5O2/c11-4-1-5(17)8(18)7(4)16-3-15-6-9(12)13-2-14-10(6)16/h1-3,5,7-8,17-18H,(H2,12,13,14)/t5-,7?,8+/m0/s1. The summed E-state index contributed by atoms with van der Waals surface area (Å²) in [5.41, 5.74) is 6.58. The zero-order valence-corrected chi connectivity index (χ0v) is 9.86. The molecule has 94 valence electrons. The number of nitrogens with zero attached hydrogens (tertiary/aromatic N) is 4. The van der Waals surface area contributed by atoms with E-state index in [9.17, 15) is 10.2 Å². The predicted molar refractivity (Wildman–Crippen MR) is 64.7 cm³/mol. The number of aliphatic hydroxyl groups excluding tert-OH is 2. The summed E-state index contributed by atoms with van der Waals surface area (Å²) >= 11 is 6.02. The number of aliphatic hydroxyl groups is 2. The number of hydrogen-bond acceptors (Lipinski definition) is 6. The fraction of sp³-hybridized carbons (Fsp3) is 0.300. The molecule has 2 heterocycles. The fourth-order valence-corrected chi connectivity index (χ4v) is 2.44. The minimum Gasteiger partial charge on any atom is -0.388 e. The van der Waals surface area contributed by atoms with Gasteiger partial charge in [0.2, 0.25) is 0 Å². The second-order valence-corrected chi connectivity index (χ2v) is 4.50. The lowest BCUT2D eigenvalue weighted by Crippen LogP contribution is -2.28. The Morgan fingerprint density at radius 1 is 1.28 bits per heavy atom. The second kappa shape index (κ2) is 3.91. The Morgan fingerprint density at radius 2 is 2.06 bits per heavy atom. The van der Waals surface area contributed by atoms with Gasteiger partial charge >= 0.3 is 0 Å². The zero-order valence-electron chi connectivity index (χ0n) is 9.10. The van der Waals surface area contributed by atoms with E-state index < -0.39 is 18.2 Å². The highest BCUT2D eigenvalue weighted by Gasteiger charge is 2.36. The number of nitrogens with two attached hydrogens (primary N) is 1. The lowest BCUT2D eigenvalue weighted by molar-refractivity contribution is 0.0370. The van der Waals surface area contributed by atoms with Crippen molar-refractivity contribution in [3.63, 3.8) is 0 Å². The summed E-state index contributed by atoms with van der Waals surface area (Å²) in [4.78, 5) is 12.0. The lowest BCUT2D eigenvalue weighted by atomic mass is 10.2. The van der Waals surface area contributed by atoms with Crippen LogP contribution in [0.25, 0.3) is 11.2 Å². The van der Waals surface area contributed by atoms with E-state index in [1.807, 2.05) is 0 Å². The zero-order chi connectivity index (χ0) is 12.9. The van der Waals surface area contributed by atoms with Crippen LogP contribution in [0.3, 0.4) is 0 Å².